The van der Waals surface area contributed by atoms with Crippen LogP contribution in [0.25, 0.3) is 5.69 Å². The van der Waals surface area contributed by atoms with Crippen LogP contribution in [0.1, 0.15) is 36.6 Å². The van der Waals surface area contributed by atoms with Crippen molar-refractivity contribution in [2.75, 3.05) is 6.54 Å². The summed E-state index contributed by atoms with van der Waals surface area (Å²) in [7, 11) is 0. The van der Waals surface area contributed by atoms with E-state index in [0.29, 0.717) is 12.2 Å². The zero-order chi connectivity index (χ0) is 16.1. The molecule has 0 amide bonds. The highest BCUT2D eigenvalue weighted by Crippen LogP contribution is 2.16. The smallest absolute Gasteiger partial charge is 0.275 e. The van der Waals surface area contributed by atoms with Crippen LogP contribution in [0.4, 0.5) is 0 Å². The Bertz CT molecular complexity index is 708. The first-order valence-corrected chi connectivity index (χ1v) is 7.63. The van der Waals surface area contributed by atoms with Crippen molar-refractivity contribution in [1.82, 2.24) is 15.1 Å². The Labute approximate surface area is 130 Å². The molecule has 0 bridgehead atoms. The van der Waals surface area contributed by atoms with Gasteiger partial charge in [0.1, 0.15) is 11.4 Å². The molecule has 2 rings (SSSR count). The molecule has 0 aliphatic carbocycles. The molecule has 0 radical (unpaired) electrons. The number of rotatable bonds is 6. The van der Waals surface area contributed by atoms with Crippen molar-refractivity contribution in [3.8, 4) is 11.4 Å². The predicted molar refractivity (Wildman–Crippen MR) is 87.6 cm³/mol. The van der Waals surface area contributed by atoms with Gasteiger partial charge in [0.05, 0.1) is 5.69 Å². The summed E-state index contributed by atoms with van der Waals surface area (Å²) in [5.74, 6) is -0.0597. The van der Waals surface area contributed by atoms with E-state index >= 15 is 0 Å². The van der Waals surface area contributed by atoms with E-state index in [1.807, 2.05) is 32.0 Å². The lowest BCUT2D eigenvalue weighted by atomic mass is 10.1. The summed E-state index contributed by atoms with van der Waals surface area (Å²) in [4.78, 5) is 12.2. The normalized spacial score (nSPS) is 10.9. The Morgan fingerprint density at radius 2 is 2.05 bits per heavy atom. The SMILES string of the molecule is CCCCNCc1nn(-c2cc(C)ccc2C)c(=O)cc1O. The van der Waals surface area contributed by atoms with Crippen LogP contribution in [0, 0.1) is 13.8 Å². The fourth-order valence-corrected chi connectivity index (χ4v) is 2.24. The van der Waals surface area contributed by atoms with Crippen molar-refractivity contribution in [2.45, 2.75) is 40.2 Å². The first-order valence-electron chi connectivity index (χ1n) is 7.63. The van der Waals surface area contributed by atoms with E-state index < -0.39 is 0 Å². The summed E-state index contributed by atoms with van der Waals surface area (Å²) in [6.07, 6.45) is 2.17. The number of aromatic hydroxyl groups is 1. The number of hydrogen-bond donors (Lipinski definition) is 2. The molecule has 0 spiro atoms. The molecule has 2 N–H and O–H groups in total. The molecule has 5 nitrogen and oxygen atoms in total. The van der Waals surface area contributed by atoms with E-state index in [9.17, 15) is 9.90 Å². The van der Waals surface area contributed by atoms with Gasteiger partial charge in [0.15, 0.2) is 0 Å². The summed E-state index contributed by atoms with van der Waals surface area (Å²) in [6, 6.07) is 7.11. The summed E-state index contributed by atoms with van der Waals surface area (Å²) in [5.41, 5.74) is 2.93. The van der Waals surface area contributed by atoms with Crippen LogP contribution in [0.15, 0.2) is 29.1 Å². The molecule has 0 saturated carbocycles. The van der Waals surface area contributed by atoms with Gasteiger partial charge in [-0.25, -0.2) is 0 Å². The molecule has 118 valence electrons. The average Bonchev–Trinajstić information content (AvgIpc) is 2.48. The van der Waals surface area contributed by atoms with E-state index in [4.69, 9.17) is 0 Å². The van der Waals surface area contributed by atoms with E-state index in [1.54, 1.807) is 0 Å². The lowest BCUT2D eigenvalue weighted by Gasteiger charge is -2.12. The largest absolute Gasteiger partial charge is 0.506 e. The van der Waals surface area contributed by atoms with Crippen LogP contribution in [-0.2, 0) is 6.54 Å². The molecule has 2 aromatic rings. The lowest BCUT2D eigenvalue weighted by Crippen LogP contribution is -2.25. The van der Waals surface area contributed by atoms with Crippen molar-refractivity contribution >= 4 is 0 Å². The van der Waals surface area contributed by atoms with Crippen molar-refractivity contribution < 1.29 is 5.11 Å². The highest BCUT2D eigenvalue weighted by atomic mass is 16.3. The fourth-order valence-electron chi connectivity index (χ4n) is 2.24. The maximum Gasteiger partial charge on any atom is 0.275 e. The topological polar surface area (TPSA) is 67.2 Å². The van der Waals surface area contributed by atoms with Gasteiger partial charge in [-0.05, 0) is 44.0 Å². The van der Waals surface area contributed by atoms with Crippen LogP contribution in [0.2, 0.25) is 0 Å². The van der Waals surface area contributed by atoms with Gasteiger partial charge in [-0.15, -0.1) is 0 Å². The van der Waals surface area contributed by atoms with Crippen LogP contribution >= 0.6 is 0 Å². The molecule has 0 unspecified atom stereocenters. The first kappa shape index (κ1) is 16.2. The molecule has 22 heavy (non-hydrogen) atoms. The molecule has 0 aliphatic heterocycles. The van der Waals surface area contributed by atoms with E-state index in [0.717, 1.165) is 36.2 Å². The van der Waals surface area contributed by atoms with Crippen molar-refractivity contribution in [2.24, 2.45) is 0 Å². The molecular formula is C17H23N3O2. The molecule has 0 fully saturated rings. The Kier molecular flexibility index (Phi) is 5.33. The summed E-state index contributed by atoms with van der Waals surface area (Å²) >= 11 is 0. The van der Waals surface area contributed by atoms with E-state index in [2.05, 4.69) is 17.3 Å². The number of aryl methyl sites for hydroxylation is 2. The van der Waals surface area contributed by atoms with Gasteiger partial charge < -0.3 is 10.4 Å². The molecule has 5 heteroatoms. The second kappa shape index (κ2) is 7.22. The molecule has 0 atom stereocenters. The highest BCUT2D eigenvalue weighted by Gasteiger charge is 2.11. The van der Waals surface area contributed by atoms with E-state index in [1.165, 1.54) is 10.7 Å². The Balaban J connectivity index is 2.36. The van der Waals surface area contributed by atoms with Crippen LogP contribution in [0.3, 0.4) is 0 Å². The third kappa shape index (κ3) is 3.74. The Morgan fingerprint density at radius 1 is 1.27 bits per heavy atom. The minimum absolute atomic E-state index is 0.0597. The van der Waals surface area contributed by atoms with Gasteiger partial charge in [-0.3, -0.25) is 4.79 Å². The molecule has 0 aliphatic rings. The van der Waals surface area contributed by atoms with Crippen molar-refractivity contribution in [3.63, 3.8) is 0 Å². The third-order valence-electron chi connectivity index (χ3n) is 3.58. The standard InChI is InChI=1S/C17H23N3O2/c1-4-5-8-18-11-14-16(21)10-17(22)20(19-14)15-9-12(2)6-7-13(15)3/h6-7,9-10,18,21H,4-5,8,11H2,1-3H3. The van der Waals surface area contributed by atoms with Crippen molar-refractivity contribution in [1.29, 1.82) is 0 Å². The quantitative estimate of drug-likeness (QED) is 0.804. The number of hydrogen-bond acceptors (Lipinski definition) is 4. The lowest BCUT2D eigenvalue weighted by molar-refractivity contribution is 0.451. The highest BCUT2D eigenvalue weighted by molar-refractivity contribution is 5.43. The monoisotopic (exact) mass is 301 g/mol. The minimum atomic E-state index is -0.330. The fraction of sp³-hybridized carbons (Fsp3) is 0.412. The Morgan fingerprint density at radius 3 is 2.77 bits per heavy atom. The zero-order valence-corrected chi connectivity index (χ0v) is 13.4. The van der Waals surface area contributed by atoms with Crippen LogP contribution in [-0.4, -0.2) is 21.4 Å². The first-order chi connectivity index (χ1) is 10.5. The number of nitrogens with one attached hydrogen (secondary N) is 1. The maximum absolute atomic E-state index is 12.2. The number of nitrogens with zero attached hydrogens (tertiary/aromatic N) is 2. The molecule has 0 saturated heterocycles. The molecule has 1 aromatic heterocycles. The summed E-state index contributed by atoms with van der Waals surface area (Å²) in [5, 5.41) is 17.5. The van der Waals surface area contributed by atoms with Crippen LogP contribution < -0.4 is 10.9 Å². The van der Waals surface area contributed by atoms with Gasteiger partial charge in [-0.2, -0.15) is 9.78 Å². The van der Waals surface area contributed by atoms with Crippen molar-refractivity contribution in [3.05, 3.63) is 51.4 Å². The van der Waals surface area contributed by atoms with E-state index in [-0.39, 0.29) is 11.3 Å². The van der Waals surface area contributed by atoms with Gasteiger partial charge in [-0.1, -0.05) is 25.5 Å². The predicted octanol–water partition coefficient (Wildman–Crippen LogP) is 2.44. The molecule has 1 aromatic carbocycles. The number of unbranched alkanes of at least 4 members (excludes halogenated alkanes) is 1. The summed E-state index contributed by atoms with van der Waals surface area (Å²) in [6.45, 7) is 7.34. The molecule has 1 heterocycles. The average molecular weight is 301 g/mol. The minimum Gasteiger partial charge on any atom is -0.506 e. The molecular weight excluding hydrogens is 278 g/mol. The maximum atomic E-state index is 12.2. The van der Waals surface area contributed by atoms with Gasteiger partial charge in [0.2, 0.25) is 0 Å². The van der Waals surface area contributed by atoms with Gasteiger partial charge in [0.25, 0.3) is 5.56 Å². The third-order valence-corrected chi connectivity index (χ3v) is 3.58. The Hall–Kier alpha value is -2.14. The summed E-state index contributed by atoms with van der Waals surface area (Å²) < 4.78 is 1.36. The number of aromatic nitrogens is 2. The zero-order valence-electron chi connectivity index (χ0n) is 13.4. The second-order valence-corrected chi connectivity index (χ2v) is 5.55. The second-order valence-electron chi connectivity index (χ2n) is 5.55. The van der Waals surface area contributed by atoms with Gasteiger partial charge in [0, 0.05) is 12.6 Å². The van der Waals surface area contributed by atoms with Crippen LogP contribution in [0.5, 0.6) is 5.75 Å². The van der Waals surface area contributed by atoms with Gasteiger partial charge >= 0.3 is 0 Å². The number of benzene rings is 1.